The predicted molar refractivity (Wildman–Crippen MR) is 82.5 cm³/mol. The first-order chi connectivity index (χ1) is 10.8. The summed E-state index contributed by atoms with van der Waals surface area (Å²) in [7, 11) is 0.786. The zero-order valence-corrected chi connectivity index (χ0v) is 14.1. The Morgan fingerprint density at radius 3 is 2.30 bits per heavy atom. The summed E-state index contributed by atoms with van der Waals surface area (Å²) >= 11 is 0. The van der Waals surface area contributed by atoms with Gasteiger partial charge in [0.05, 0.1) is 17.1 Å². The van der Waals surface area contributed by atoms with Gasteiger partial charge < -0.3 is 14.8 Å². The lowest BCUT2D eigenvalue weighted by Gasteiger charge is -2.11. The summed E-state index contributed by atoms with van der Waals surface area (Å²) in [4.78, 5) is 23.2. The van der Waals surface area contributed by atoms with E-state index >= 15 is 0 Å². The van der Waals surface area contributed by atoms with Crippen molar-refractivity contribution in [3.8, 4) is 0 Å². The summed E-state index contributed by atoms with van der Waals surface area (Å²) < 4.78 is 34.5. The number of benzene rings is 1. The molecule has 0 aliphatic carbocycles. The number of nitrogens with one attached hydrogen (secondary N) is 1. The van der Waals surface area contributed by atoms with Crippen LogP contribution >= 0.6 is 0 Å². The van der Waals surface area contributed by atoms with Gasteiger partial charge in [-0.3, -0.25) is 4.79 Å². The predicted octanol–water partition coefficient (Wildman–Crippen LogP) is -0.144. The second-order valence-electron chi connectivity index (χ2n) is 4.73. The lowest BCUT2D eigenvalue weighted by atomic mass is 10.2. The largest absolute Gasteiger partial charge is 0.452 e. The maximum absolute atomic E-state index is 11.9. The van der Waals surface area contributed by atoms with Crippen LogP contribution in [-0.2, 0) is 24.3 Å². The normalized spacial score (nSPS) is 11.3. The molecule has 23 heavy (non-hydrogen) atoms. The van der Waals surface area contributed by atoms with E-state index in [-0.39, 0.29) is 10.5 Å². The van der Waals surface area contributed by atoms with Gasteiger partial charge in [-0.05, 0) is 24.3 Å². The van der Waals surface area contributed by atoms with Crippen LogP contribution in [0.3, 0.4) is 0 Å². The van der Waals surface area contributed by atoms with Crippen molar-refractivity contribution in [3.05, 3.63) is 29.8 Å². The lowest BCUT2D eigenvalue weighted by molar-refractivity contribution is -0.124. The Balaban J connectivity index is 2.60. The van der Waals surface area contributed by atoms with Gasteiger partial charge in [0.15, 0.2) is 6.61 Å². The number of methoxy groups -OCH3 is 1. The Kier molecular flexibility index (Phi) is 7.14. The molecule has 0 spiro atoms. The molecule has 0 aromatic heterocycles. The molecular weight excluding hydrogens is 324 g/mol. The molecule has 0 fully saturated rings. The quantitative estimate of drug-likeness (QED) is 0.520. The molecule has 0 aliphatic heterocycles. The topological polar surface area (TPSA) is 102 Å². The Bertz CT molecular complexity index is 640. The highest BCUT2D eigenvalue weighted by molar-refractivity contribution is 7.89. The van der Waals surface area contributed by atoms with E-state index in [1.807, 2.05) is 0 Å². The number of carbonyl (C=O) groups is 2. The maximum atomic E-state index is 11.9. The number of esters is 1. The van der Waals surface area contributed by atoms with Crippen molar-refractivity contribution >= 4 is 21.9 Å². The van der Waals surface area contributed by atoms with Crippen molar-refractivity contribution in [2.24, 2.45) is 0 Å². The number of rotatable bonds is 8. The van der Waals surface area contributed by atoms with Gasteiger partial charge in [0.1, 0.15) is 0 Å². The average molecular weight is 344 g/mol. The average Bonchev–Trinajstić information content (AvgIpc) is 2.52. The van der Waals surface area contributed by atoms with E-state index in [1.165, 1.54) is 45.5 Å². The summed E-state index contributed by atoms with van der Waals surface area (Å²) in [6.45, 7) is 0.270. The first kappa shape index (κ1) is 19.1. The highest BCUT2D eigenvalue weighted by atomic mass is 32.2. The fourth-order valence-corrected chi connectivity index (χ4v) is 2.43. The zero-order chi connectivity index (χ0) is 17.5. The molecule has 1 N–H and O–H groups in total. The van der Waals surface area contributed by atoms with Crippen LogP contribution in [0, 0.1) is 0 Å². The molecule has 0 saturated heterocycles. The molecule has 0 aliphatic rings. The number of hydrogen-bond donors (Lipinski definition) is 1. The molecular formula is C14H20N2O6S. The summed E-state index contributed by atoms with van der Waals surface area (Å²) in [6, 6.07) is 5.29. The number of hydrogen-bond acceptors (Lipinski definition) is 6. The highest BCUT2D eigenvalue weighted by Gasteiger charge is 2.18. The molecule has 128 valence electrons. The minimum absolute atomic E-state index is 0.0661. The van der Waals surface area contributed by atoms with Gasteiger partial charge in [0.25, 0.3) is 5.91 Å². The van der Waals surface area contributed by atoms with Crippen LogP contribution in [0.2, 0.25) is 0 Å². The molecule has 0 heterocycles. The van der Waals surface area contributed by atoms with E-state index in [9.17, 15) is 18.0 Å². The highest BCUT2D eigenvalue weighted by Crippen LogP contribution is 2.14. The molecule has 1 aromatic rings. The van der Waals surface area contributed by atoms with E-state index < -0.39 is 28.5 Å². The van der Waals surface area contributed by atoms with Crippen molar-refractivity contribution in [2.45, 2.75) is 4.90 Å². The molecule has 0 unspecified atom stereocenters. The summed E-state index contributed by atoms with van der Waals surface area (Å²) in [5, 5.41) is 2.51. The minimum atomic E-state index is -3.55. The van der Waals surface area contributed by atoms with E-state index in [0.29, 0.717) is 13.2 Å². The third kappa shape index (κ3) is 5.62. The van der Waals surface area contributed by atoms with E-state index in [4.69, 9.17) is 9.47 Å². The van der Waals surface area contributed by atoms with Crippen molar-refractivity contribution in [3.63, 3.8) is 0 Å². The Morgan fingerprint density at radius 2 is 1.78 bits per heavy atom. The smallest absolute Gasteiger partial charge is 0.338 e. The molecule has 1 rings (SSSR count). The number of nitrogens with zero attached hydrogens (tertiary/aromatic N) is 1. The van der Waals surface area contributed by atoms with Crippen LogP contribution in [0.15, 0.2) is 29.2 Å². The number of amides is 1. The van der Waals surface area contributed by atoms with Gasteiger partial charge in [0.2, 0.25) is 10.0 Å². The SMILES string of the molecule is COCCNC(=O)COC(=O)c1ccc(S(=O)(=O)N(C)C)cc1. The monoisotopic (exact) mass is 344 g/mol. The molecule has 0 bridgehead atoms. The van der Waals surface area contributed by atoms with Gasteiger partial charge in [0, 0.05) is 27.7 Å². The van der Waals surface area contributed by atoms with Crippen LogP contribution < -0.4 is 5.32 Å². The van der Waals surface area contributed by atoms with E-state index in [1.54, 1.807) is 0 Å². The van der Waals surface area contributed by atoms with Gasteiger partial charge in [-0.1, -0.05) is 0 Å². The second kappa shape index (κ2) is 8.61. The van der Waals surface area contributed by atoms with E-state index in [2.05, 4.69) is 5.32 Å². The Labute approximate surface area is 135 Å². The van der Waals surface area contributed by atoms with Gasteiger partial charge >= 0.3 is 5.97 Å². The van der Waals surface area contributed by atoms with Crippen LogP contribution in [-0.4, -0.2) is 65.6 Å². The second-order valence-corrected chi connectivity index (χ2v) is 6.88. The minimum Gasteiger partial charge on any atom is -0.452 e. The number of ether oxygens (including phenoxy) is 2. The summed E-state index contributed by atoms with van der Waals surface area (Å²) in [5.74, 6) is -1.15. The third-order valence-electron chi connectivity index (χ3n) is 2.83. The fraction of sp³-hybridized carbons (Fsp3) is 0.429. The van der Waals surface area contributed by atoms with Crippen molar-refractivity contribution in [1.82, 2.24) is 9.62 Å². The van der Waals surface area contributed by atoms with E-state index in [0.717, 1.165) is 4.31 Å². The Morgan fingerprint density at radius 1 is 1.17 bits per heavy atom. The van der Waals surface area contributed by atoms with Crippen LogP contribution in [0.4, 0.5) is 0 Å². The van der Waals surface area contributed by atoms with Gasteiger partial charge in [-0.25, -0.2) is 17.5 Å². The molecule has 8 nitrogen and oxygen atoms in total. The first-order valence-corrected chi connectivity index (χ1v) is 8.18. The first-order valence-electron chi connectivity index (χ1n) is 6.74. The molecule has 0 radical (unpaired) electrons. The fourth-order valence-electron chi connectivity index (χ4n) is 1.53. The number of sulfonamides is 1. The van der Waals surface area contributed by atoms with Crippen LogP contribution in [0.1, 0.15) is 10.4 Å². The lowest BCUT2D eigenvalue weighted by Crippen LogP contribution is -2.31. The Hall–Kier alpha value is -1.97. The third-order valence-corrected chi connectivity index (χ3v) is 4.66. The molecule has 9 heteroatoms. The van der Waals surface area contributed by atoms with Crippen LogP contribution in [0.5, 0.6) is 0 Å². The molecule has 0 saturated carbocycles. The summed E-state index contributed by atoms with van der Waals surface area (Å²) in [6.07, 6.45) is 0. The summed E-state index contributed by atoms with van der Waals surface area (Å²) in [5.41, 5.74) is 0.160. The molecule has 0 atom stereocenters. The molecule has 1 aromatic carbocycles. The maximum Gasteiger partial charge on any atom is 0.338 e. The van der Waals surface area contributed by atoms with Gasteiger partial charge in [-0.15, -0.1) is 0 Å². The van der Waals surface area contributed by atoms with Crippen LogP contribution in [0.25, 0.3) is 0 Å². The standard InChI is InChI=1S/C14H20N2O6S/c1-16(2)23(19,20)12-6-4-11(5-7-12)14(18)22-10-13(17)15-8-9-21-3/h4-7H,8-10H2,1-3H3,(H,15,17). The van der Waals surface area contributed by atoms with Crippen molar-refractivity contribution < 1.29 is 27.5 Å². The number of carbonyl (C=O) groups excluding carboxylic acids is 2. The van der Waals surface area contributed by atoms with Crippen molar-refractivity contribution in [1.29, 1.82) is 0 Å². The molecule has 1 amide bonds. The van der Waals surface area contributed by atoms with Gasteiger partial charge in [-0.2, -0.15) is 0 Å². The zero-order valence-electron chi connectivity index (χ0n) is 13.2. The van der Waals surface area contributed by atoms with Crippen molar-refractivity contribution in [2.75, 3.05) is 41.0 Å².